The fourth-order valence-corrected chi connectivity index (χ4v) is 5.16. The SMILES string of the molecule is O=C(CN1C(=O)c2cccc([N+](=O)[O-])c2C1=O)Nc1ccc(F)c(S(=O)(=O)N2CCOCC2)c1. The average molecular weight is 492 g/mol. The summed E-state index contributed by atoms with van der Waals surface area (Å²) >= 11 is 0. The van der Waals surface area contributed by atoms with Crippen LogP contribution in [0.25, 0.3) is 0 Å². The van der Waals surface area contributed by atoms with E-state index in [-0.39, 0.29) is 37.6 Å². The van der Waals surface area contributed by atoms with E-state index in [1.165, 1.54) is 12.1 Å². The highest BCUT2D eigenvalue weighted by atomic mass is 32.2. The summed E-state index contributed by atoms with van der Waals surface area (Å²) in [5.41, 5.74) is -1.25. The van der Waals surface area contributed by atoms with Gasteiger partial charge in [0.1, 0.15) is 22.8 Å². The normalized spacial score (nSPS) is 16.4. The first-order chi connectivity index (χ1) is 16.1. The number of hydrogen-bond acceptors (Lipinski definition) is 8. The van der Waals surface area contributed by atoms with Crippen LogP contribution in [0, 0.1) is 15.9 Å². The van der Waals surface area contributed by atoms with E-state index < -0.39 is 61.2 Å². The first-order valence-corrected chi connectivity index (χ1v) is 11.4. The maximum Gasteiger partial charge on any atom is 0.282 e. The number of nitrogens with zero attached hydrogens (tertiary/aromatic N) is 3. The number of nitro benzene ring substituents is 1. The standard InChI is InChI=1S/C20H17FN4O8S/c21-14-5-4-12(10-16(14)34(31,32)23-6-8-33-9-7-23)22-17(26)11-24-19(27)13-2-1-3-15(25(29)30)18(13)20(24)28/h1-5,10H,6-9,11H2,(H,22,26). The summed E-state index contributed by atoms with van der Waals surface area (Å²) in [5, 5.41) is 13.5. The van der Waals surface area contributed by atoms with E-state index in [4.69, 9.17) is 4.74 Å². The Labute approximate surface area is 192 Å². The Balaban J connectivity index is 1.52. The van der Waals surface area contributed by atoms with Gasteiger partial charge in [0, 0.05) is 24.8 Å². The van der Waals surface area contributed by atoms with Crippen LogP contribution in [0.15, 0.2) is 41.3 Å². The van der Waals surface area contributed by atoms with Crippen molar-refractivity contribution in [3.05, 3.63) is 63.5 Å². The second-order valence-corrected chi connectivity index (χ2v) is 9.27. The Morgan fingerprint density at radius 2 is 1.85 bits per heavy atom. The van der Waals surface area contributed by atoms with Crippen molar-refractivity contribution in [1.29, 1.82) is 0 Å². The molecule has 2 aromatic carbocycles. The van der Waals surface area contributed by atoms with Gasteiger partial charge in [-0.05, 0) is 24.3 Å². The topological polar surface area (TPSA) is 156 Å². The van der Waals surface area contributed by atoms with Crippen molar-refractivity contribution in [3.63, 3.8) is 0 Å². The van der Waals surface area contributed by atoms with Crippen molar-refractivity contribution < 1.29 is 36.9 Å². The zero-order valence-corrected chi connectivity index (χ0v) is 18.2. The van der Waals surface area contributed by atoms with E-state index in [0.29, 0.717) is 4.90 Å². The van der Waals surface area contributed by atoms with Crippen molar-refractivity contribution in [2.75, 3.05) is 38.2 Å². The van der Waals surface area contributed by atoms with Gasteiger partial charge < -0.3 is 10.1 Å². The number of carbonyl (C=O) groups excluding carboxylic acids is 3. The minimum absolute atomic E-state index is 0.0459. The number of ether oxygens (including phenoxy) is 1. The lowest BCUT2D eigenvalue weighted by atomic mass is 10.1. The van der Waals surface area contributed by atoms with Gasteiger partial charge in [-0.3, -0.25) is 29.4 Å². The molecular formula is C20H17FN4O8S. The Hall–Kier alpha value is -3.75. The predicted molar refractivity (Wildman–Crippen MR) is 113 cm³/mol. The first kappa shape index (κ1) is 23.4. The number of morpholine rings is 1. The van der Waals surface area contributed by atoms with E-state index in [2.05, 4.69) is 5.32 Å². The first-order valence-electron chi connectivity index (χ1n) is 9.92. The molecule has 12 nitrogen and oxygen atoms in total. The number of sulfonamides is 1. The summed E-state index contributed by atoms with van der Waals surface area (Å²) in [7, 11) is -4.20. The Morgan fingerprint density at radius 3 is 2.53 bits per heavy atom. The van der Waals surface area contributed by atoms with Gasteiger partial charge in [-0.1, -0.05) is 6.07 Å². The lowest BCUT2D eigenvalue weighted by Crippen LogP contribution is -2.41. The number of fused-ring (bicyclic) bond motifs is 1. The summed E-state index contributed by atoms with van der Waals surface area (Å²) in [6.07, 6.45) is 0. The largest absolute Gasteiger partial charge is 0.379 e. The number of carbonyl (C=O) groups is 3. The van der Waals surface area contributed by atoms with Crippen LogP contribution in [0.2, 0.25) is 0 Å². The van der Waals surface area contributed by atoms with E-state index in [9.17, 15) is 37.3 Å². The molecule has 0 unspecified atom stereocenters. The average Bonchev–Trinajstić information content (AvgIpc) is 3.05. The summed E-state index contributed by atoms with van der Waals surface area (Å²) in [6.45, 7) is -0.369. The molecule has 0 spiro atoms. The van der Waals surface area contributed by atoms with Gasteiger partial charge in [-0.25, -0.2) is 12.8 Å². The van der Waals surface area contributed by atoms with Gasteiger partial charge in [-0.2, -0.15) is 4.31 Å². The van der Waals surface area contributed by atoms with Crippen LogP contribution < -0.4 is 5.32 Å². The zero-order chi connectivity index (χ0) is 24.6. The van der Waals surface area contributed by atoms with E-state index >= 15 is 0 Å². The molecule has 14 heteroatoms. The number of imide groups is 1. The van der Waals surface area contributed by atoms with Gasteiger partial charge >= 0.3 is 0 Å². The number of hydrogen-bond donors (Lipinski definition) is 1. The van der Waals surface area contributed by atoms with E-state index in [0.717, 1.165) is 28.6 Å². The molecule has 0 aromatic heterocycles. The van der Waals surface area contributed by atoms with Gasteiger partial charge in [0.25, 0.3) is 17.5 Å². The highest BCUT2D eigenvalue weighted by Gasteiger charge is 2.41. The van der Waals surface area contributed by atoms with Crippen LogP contribution in [0.3, 0.4) is 0 Å². The summed E-state index contributed by atoms with van der Waals surface area (Å²) in [6, 6.07) is 6.49. The lowest BCUT2D eigenvalue weighted by molar-refractivity contribution is -0.385. The van der Waals surface area contributed by atoms with E-state index in [1.54, 1.807) is 0 Å². The second-order valence-electron chi connectivity index (χ2n) is 7.36. The number of anilines is 1. The molecule has 3 amide bonds. The molecule has 4 rings (SSSR count). The number of benzene rings is 2. The molecule has 34 heavy (non-hydrogen) atoms. The fourth-order valence-electron chi connectivity index (χ4n) is 3.66. The molecule has 2 aliphatic rings. The molecule has 0 atom stereocenters. The van der Waals surface area contributed by atoms with Crippen LogP contribution in [-0.2, 0) is 19.6 Å². The summed E-state index contributed by atoms with van der Waals surface area (Å²) in [5.74, 6) is -3.79. The second kappa shape index (κ2) is 8.89. The zero-order valence-electron chi connectivity index (χ0n) is 17.4. The van der Waals surface area contributed by atoms with Crippen LogP contribution >= 0.6 is 0 Å². The molecule has 2 aliphatic heterocycles. The summed E-state index contributed by atoms with van der Waals surface area (Å²) < 4.78 is 46.1. The highest BCUT2D eigenvalue weighted by molar-refractivity contribution is 7.89. The molecule has 0 aliphatic carbocycles. The van der Waals surface area contributed by atoms with Crippen LogP contribution in [0.5, 0.6) is 0 Å². The van der Waals surface area contributed by atoms with Gasteiger partial charge in [0.05, 0.1) is 23.7 Å². The van der Waals surface area contributed by atoms with E-state index in [1.807, 2.05) is 0 Å². The minimum Gasteiger partial charge on any atom is -0.379 e. The van der Waals surface area contributed by atoms with Gasteiger partial charge in [-0.15, -0.1) is 0 Å². The Kier molecular flexibility index (Phi) is 6.12. The maximum absolute atomic E-state index is 14.3. The maximum atomic E-state index is 14.3. The molecule has 178 valence electrons. The number of rotatable bonds is 6. The molecule has 0 bridgehead atoms. The Bertz CT molecular complexity index is 1320. The van der Waals surface area contributed by atoms with Gasteiger partial charge in [0.2, 0.25) is 15.9 Å². The lowest BCUT2D eigenvalue weighted by Gasteiger charge is -2.26. The third-order valence-corrected chi connectivity index (χ3v) is 7.19. The number of nitro groups is 1. The number of nitrogens with one attached hydrogen (secondary N) is 1. The summed E-state index contributed by atoms with van der Waals surface area (Å²) in [4.78, 5) is 47.9. The fraction of sp³-hybridized carbons (Fsp3) is 0.250. The molecule has 1 N–H and O–H groups in total. The van der Waals surface area contributed by atoms with Crippen LogP contribution in [0.1, 0.15) is 20.7 Å². The highest BCUT2D eigenvalue weighted by Crippen LogP contribution is 2.30. The quantitative estimate of drug-likeness (QED) is 0.355. The molecule has 1 fully saturated rings. The molecule has 0 saturated carbocycles. The third-order valence-electron chi connectivity index (χ3n) is 5.28. The Morgan fingerprint density at radius 1 is 1.15 bits per heavy atom. The number of halogens is 1. The monoisotopic (exact) mass is 492 g/mol. The molecule has 2 aromatic rings. The smallest absolute Gasteiger partial charge is 0.282 e. The van der Waals surface area contributed by atoms with Crippen molar-refractivity contribution in [1.82, 2.24) is 9.21 Å². The van der Waals surface area contributed by atoms with Crippen molar-refractivity contribution in [3.8, 4) is 0 Å². The molecule has 1 saturated heterocycles. The predicted octanol–water partition coefficient (Wildman–Crippen LogP) is 0.990. The van der Waals surface area contributed by atoms with Crippen LogP contribution in [-0.4, -0.2) is 73.1 Å². The molecular weight excluding hydrogens is 475 g/mol. The van der Waals surface area contributed by atoms with Crippen LogP contribution in [0.4, 0.5) is 15.8 Å². The van der Waals surface area contributed by atoms with Gasteiger partial charge in [0.15, 0.2) is 0 Å². The minimum atomic E-state index is -4.20. The van der Waals surface area contributed by atoms with Crippen molar-refractivity contribution in [2.24, 2.45) is 0 Å². The molecule has 2 heterocycles. The van der Waals surface area contributed by atoms with Crippen molar-refractivity contribution in [2.45, 2.75) is 4.90 Å². The third kappa shape index (κ3) is 4.13. The number of amides is 3. The molecule has 0 radical (unpaired) electrons. The van der Waals surface area contributed by atoms with Crippen molar-refractivity contribution >= 4 is 39.1 Å².